The molecule has 5 heteroatoms. The second-order valence-corrected chi connectivity index (χ2v) is 4.46. The van der Waals surface area contributed by atoms with E-state index in [2.05, 4.69) is 10.6 Å². The average molecular weight is 254 g/mol. The van der Waals surface area contributed by atoms with Crippen molar-refractivity contribution in [3.8, 4) is 0 Å². The fraction of sp³-hybridized carbons (Fsp3) is 0.462. The van der Waals surface area contributed by atoms with Crippen LogP contribution in [0.4, 0.5) is 8.78 Å². The van der Waals surface area contributed by atoms with Crippen molar-refractivity contribution < 1.29 is 13.6 Å². The summed E-state index contributed by atoms with van der Waals surface area (Å²) < 4.78 is 26.3. The number of nitrogens with one attached hydrogen (secondary N) is 2. The lowest BCUT2D eigenvalue weighted by molar-refractivity contribution is -0.123. The van der Waals surface area contributed by atoms with Gasteiger partial charge in [0.1, 0.15) is 11.6 Å². The van der Waals surface area contributed by atoms with Crippen molar-refractivity contribution in [2.45, 2.75) is 31.8 Å². The number of hydrogen-bond acceptors (Lipinski definition) is 2. The van der Waals surface area contributed by atoms with E-state index in [4.69, 9.17) is 0 Å². The molecule has 3 nitrogen and oxygen atoms in total. The van der Waals surface area contributed by atoms with Gasteiger partial charge in [0.05, 0.1) is 6.04 Å². The van der Waals surface area contributed by atoms with Gasteiger partial charge in [-0.25, -0.2) is 8.78 Å². The fourth-order valence-corrected chi connectivity index (χ4v) is 2.06. The highest BCUT2D eigenvalue weighted by molar-refractivity contribution is 5.81. The number of carbonyl (C=O) groups excluding carboxylic acids is 1. The van der Waals surface area contributed by atoms with Crippen molar-refractivity contribution in [2.24, 2.45) is 0 Å². The van der Waals surface area contributed by atoms with Gasteiger partial charge in [-0.2, -0.15) is 0 Å². The standard InChI is InChI=1S/C13H16F2N2O/c14-10-4-5-11(15)9(7-10)8-17-13(18)12-3-1-2-6-16-12/h4-5,7,12,16H,1-3,6,8H2,(H,17,18). The minimum absolute atomic E-state index is 0.0145. The van der Waals surface area contributed by atoms with Gasteiger partial charge in [-0.3, -0.25) is 4.79 Å². The van der Waals surface area contributed by atoms with Crippen LogP contribution in [0.15, 0.2) is 18.2 Å². The average Bonchev–Trinajstić information content (AvgIpc) is 2.40. The van der Waals surface area contributed by atoms with Crippen LogP contribution in [0.1, 0.15) is 24.8 Å². The van der Waals surface area contributed by atoms with Gasteiger partial charge in [-0.15, -0.1) is 0 Å². The number of rotatable bonds is 3. The Hall–Kier alpha value is -1.49. The predicted octanol–water partition coefficient (Wildman–Crippen LogP) is 1.72. The highest BCUT2D eigenvalue weighted by atomic mass is 19.1. The van der Waals surface area contributed by atoms with E-state index < -0.39 is 11.6 Å². The molecule has 0 spiro atoms. The predicted molar refractivity (Wildman–Crippen MR) is 63.8 cm³/mol. The zero-order chi connectivity index (χ0) is 13.0. The number of carbonyl (C=O) groups is 1. The SMILES string of the molecule is O=C(NCc1cc(F)ccc1F)C1CCCCN1. The van der Waals surface area contributed by atoms with Crippen molar-refractivity contribution in [3.05, 3.63) is 35.4 Å². The molecule has 1 atom stereocenters. The van der Waals surface area contributed by atoms with Crippen LogP contribution >= 0.6 is 0 Å². The Morgan fingerprint density at radius 3 is 2.94 bits per heavy atom. The monoisotopic (exact) mass is 254 g/mol. The van der Waals surface area contributed by atoms with Crippen molar-refractivity contribution >= 4 is 5.91 Å². The molecule has 98 valence electrons. The molecule has 2 N–H and O–H groups in total. The molecule has 1 heterocycles. The van der Waals surface area contributed by atoms with Crippen LogP contribution in [-0.2, 0) is 11.3 Å². The fourth-order valence-electron chi connectivity index (χ4n) is 2.06. The van der Waals surface area contributed by atoms with E-state index in [-0.39, 0.29) is 24.1 Å². The van der Waals surface area contributed by atoms with Crippen LogP contribution in [0.3, 0.4) is 0 Å². The first-order valence-corrected chi connectivity index (χ1v) is 6.12. The van der Waals surface area contributed by atoms with Gasteiger partial charge >= 0.3 is 0 Å². The molecule has 2 rings (SSSR count). The molecule has 1 fully saturated rings. The first-order valence-electron chi connectivity index (χ1n) is 6.12. The maximum absolute atomic E-state index is 13.3. The van der Waals surface area contributed by atoms with E-state index in [0.29, 0.717) is 0 Å². The molecule has 18 heavy (non-hydrogen) atoms. The third-order valence-electron chi connectivity index (χ3n) is 3.09. The second kappa shape index (κ2) is 5.91. The Labute approximate surface area is 105 Å². The molecule has 1 aromatic carbocycles. The number of amides is 1. The van der Waals surface area contributed by atoms with E-state index >= 15 is 0 Å². The van der Waals surface area contributed by atoms with Gasteiger partial charge in [0, 0.05) is 12.1 Å². The van der Waals surface area contributed by atoms with Gasteiger partial charge in [-0.1, -0.05) is 6.42 Å². The first kappa shape index (κ1) is 13.0. The van der Waals surface area contributed by atoms with E-state index in [1.54, 1.807) is 0 Å². The smallest absolute Gasteiger partial charge is 0.237 e. The van der Waals surface area contributed by atoms with Crippen LogP contribution in [0, 0.1) is 11.6 Å². The molecule has 1 aliphatic rings. The number of benzene rings is 1. The Balaban J connectivity index is 1.90. The minimum Gasteiger partial charge on any atom is -0.351 e. The minimum atomic E-state index is -0.506. The topological polar surface area (TPSA) is 41.1 Å². The lowest BCUT2D eigenvalue weighted by Gasteiger charge is -2.22. The van der Waals surface area contributed by atoms with Crippen molar-refractivity contribution in [3.63, 3.8) is 0 Å². The molecular formula is C13H16F2N2O. The summed E-state index contributed by atoms with van der Waals surface area (Å²) in [5.74, 6) is -1.16. The molecular weight excluding hydrogens is 238 g/mol. The summed E-state index contributed by atoms with van der Waals surface area (Å²) in [6, 6.07) is 3.01. The Morgan fingerprint density at radius 2 is 2.22 bits per heavy atom. The maximum Gasteiger partial charge on any atom is 0.237 e. The lowest BCUT2D eigenvalue weighted by Crippen LogP contribution is -2.46. The van der Waals surface area contributed by atoms with E-state index in [1.807, 2.05) is 0 Å². The van der Waals surface area contributed by atoms with Crippen molar-refractivity contribution in [1.29, 1.82) is 0 Å². The van der Waals surface area contributed by atoms with E-state index in [1.165, 1.54) is 0 Å². The van der Waals surface area contributed by atoms with Crippen LogP contribution in [0.2, 0.25) is 0 Å². The van der Waals surface area contributed by atoms with Gasteiger partial charge in [-0.05, 0) is 37.6 Å². The van der Waals surface area contributed by atoms with Gasteiger partial charge in [0.15, 0.2) is 0 Å². The highest BCUT2D eigenvalue weighted by Crippen LogP contribution is 2.10. The largest absolute Gasteiger partial charge is 0.351 e. The summed E-state index contributed by atoms with van der Waals surface area (Å²) in [5, 5.41) is 5.73. The molecule has 1 aliphatic heterocycles. The quantitative estimate of drug-likeness (QED) is 0.862. The van der Waals surface area contributed by atoms with Crippen molar-refractivity contribution in [2.75, 3.05) is 6.54 Å². The first-order chi connectivity index (χ1) is 8.66. The van der Waals surface area contributed by atoms with Gasteiger partial charge in [0.25, 0.3) is 0 Å². The number of piperidine rings is 1. The lowest BCUT2D eigenvalue weighted by atomic mass is 10.0. The molecule has 1 amide bonds. The number of hydrogen-bond donors (Lipinski definition) is 2. The molecule has 1 unspecified atom stereocenters. The molecule has 1 aromatic rings. The van der Waals surface area contributed by atoms with Crippen molar-refractivity contribution in [1.82, 2.24) is 10.6 Å². The number of halogens is 2. The molecule has 0 radical (unpaired) electrons. The molecule has 0 bridgehead atoms. The summed E-state index contributed by atoms with van der Waals surface area (Å²) in [6.07, 6.45) is 2.87. The van der Waals surface area contributed by atoms with Crippen LogP contribution in [0.25, 0.3) is 0 Å². The van der Waals surface area contributed by atoms with Gasteiger partial charge < -0.3 is 10.6 Å². The zero-order valence-electron chi connectivity index (χ0n) is 10.0. The summed E-state index contributed by atoms with van der Waals surface area (Å²) in [7, 11) is 0. The van der Waals surface area contributed by atoms with Crippen LogP contribution in [0.5, 0.6) is 0 Å². The second-order valence-electron chi connectivity index (χ2n) is 4.46. The Bertz CT molecular complexity index is 431. The Morgan fingerprint density at radius 1 is 1.39 bits per heavy atom. The molecule has 1 saturated heterocycles. The van der Waals surface area contributed by atoms with E-state index in [0.717, 1.165) is 44.0 Å². The normalized spacial score (nSPS) is 19.6. The summed E-state index contributed by atoms with van der Waals surface area (Å²) in [5.41, 5.74) is 0.166. The zero-order valence-corrected chi connectivity index (χ0v) is 10.0. The summed E-state index contributed by atoms with van der Waals surface area (Å²) >= 11 is 0. The molecule has 0 aliphatic carbocycles. The molecule has 0 aromatic heterocycles. The highest BCUT2D eigenvalue weighted by Gasteiger charge is 2.20. The third-order valence-corrected chi connectivity index (χ3v) is 3.09. The maximum atomic E-state index is 13.3. The van der Waals surface area contributed by atoms with Gasteiger partial charge in [0.2, 0.25) is 5.91 Å². The van der Waals surface area contributed by atoms with E-state index in [9.17, 15) is 13.6 Å². The summed E-state index contributed by atoms with van der Waals surface area (Å²) in [4.78, 5) is 11.8. The molecule has 0 saturated carbocycles. The third kappa shape index (κ3) is 3.26. The Kier molecular flexibility index (Phi) is 4.25. The van der Waals surface area contributed by atoms with Crippen LogP contribution in [-0.4, -0.2) is 18.5 Å². The summed E-state index contributed by atoms with van der Waals surface area (Å²) in [6.45, 7) is 0.840. The van der Waals surface area contributed by atoms with Crippen LogP contribution < -0.4 is 10.6 Å².